The second-order valence-electron chi connectivity index (χ2n) is 5.33. The Bertz CT molecular complexity index is 895. The fourth-order valence-electron chi connectivity index (χ4n) is 2.33. The molecule has 0 spiro atoms. The highest BCUT2D eigenvalue weighted by Crippen LogP contribution is 2.28. The van der Waals surface area contributed by atoms with Gasteiger partial charge in [-0.2, -0.15) is 4.98 Å². The Kier molecular flexibility index (Phi) is 4.74. The number of hydrogen-bond acceptors (Lipinski definition) is 5. The van der Waals surface area contributed by atoms with Crippen molar-refractivity contribution in [2.45, 2.75) is 13.0 Å². The maximum atomic E-state index is 13.7. The fraction of sp³-hybridized carbons (Fsp3) is 0.167. The minimum Gasteiger partial charge on any atom is -0.496 e. The number of halogens is 1. The van der Waals surface area contributed by atoms with Crippen LogP contribution in [0.5, 0.6) is 5.75 Å². The standard InChI is InChI=1S/C18H16FN3O3/c1-11(20-17(23)12-7-3-5-9-14(12)19)18-21-16(22-25-18)13-8-4-6-10-15(13)24-2/h3-11H,1-2H3,(H,20,23)/t11-/m0/s1. The number of rotatable bonds is 5. The number of aromatic nitrogens is 2. The maximum absolute atomic E-state index is 13.7. The van der Waals surface area contributed by atoms with E-state index in [0.717, 1.165) is 0 Å². The lowest BCUT2D eigenvalue weighted by molar-refractivity contribution is 0.0928. The van der Waals surface area contributed by atoms with Crippen molar-refractivity contribution in [2.24, 2.45) is 0 Å². The van der Waals surface area contributed by atoms with Crippen LogP contribution in [0, 0.1) is 5.82 Å². The summed E-state index contributed by atoms with van der Waals surface area (Å²) in [5, 5.41) is 6.56. The van der Waals surface area contributed by atoms with Gasteiger partial charge in [-0.15, -0.1) is 0 Å². The predicted octanol–water partition coefficient (Wildman–Crippen LogP) is 3.38. The summed E-state index contributed by atoms with van der Waals surface area (Å²) < 4.78 is 24.2. The van der Waals surface area contributed by atoms with E-state index in [2.05, 4.69) is 15.5 Å². The maximum Gasteiger partial charge on any atom is 0.254 e. The van der Waals surface area contributed by atoms with Gasteiger partial charge in [0.05, 0.1) is 18.2 Å². The molecule has 0 radical (unpaired) electrons. The summed E-state index contributed by atoms with van der Waals surface area (Å²) >= 11 is 0. The smallest absolute Gasteiger partial charge is 0.254 e. The van der Waals surface area contributed by atoms with E-state index in [0.29, 0.717) is 17.1 Å². The normalized spacial score (nSPS) is 11.8. The van der Waals surface area contributed by atoms with E-state index in [1.165, 1.54) is 18.2 Å². The van der Waals surface area contributed by atoms with E-state index in [9.17, 15) is 9.18 Å². The molecule has 0 fully saturated rings. The van der Waals surface area contributed by atoms with E-state index in [-0.39, 0.29) is 11.5 Å². The molecule has 0 aliphatic carbocycles. The Balaban J connectivity index is 1.78. The van der Waals surface area contributed by atoms with Crippen LogP contribution >= 0.6 is 0 Å². The average Bonchev–Trinajstić information content (AvgIpc) is 3.12. The first-order valence-electron chi connectivity index (χ1n) is 7.62. The molecule has 1 heterocycles. The molecule has 0 unspecified atom stereocenters. The number of para-hydroxylation sites is 1. The van der Waals surface area contributed by atoms with Gasteiger partial charge in [0, 0.05) is 0 Å². The van der Waals surface area contributed by atoms with Crippen molar-refractivity contribution in [2.75, 3.05) is 7.11 Å². The second kappa shape index (κ2) is 7.12. The minimum absolute atomic E-state index is 0.0428. The van der Waals surface area contributed by atoms with Gasteiger partial charge in [0.15, 0.2) is 0 Å². The van der Waals surface area contributed by atoms with Gasteiger partial charge in [0.1, 0.15) is 17.6 Å². The van der Waals surface area contributed by atoms with Gasteiger partial charge < -0.3 is 14.6 Å². The van der Waals surface area contributed by atoms with Crippen LogP contribution in [0.3, 0.4) is 0 Å². The van der Waals surface area contributed by atoms with Crippen molar-refractivity contribution in [3.05, 3.63) is 65.8 Å². The number of carbonyl (C=O) groups excluding carboxylic acids is 1. The van der Waals surface area contributed by atoms with Gasteiger partial charge in [0.2, 0.25) is 11.7 Å². The summed E-state index contributed by atoms with van der Waals surface area (Å²) in [7, 11) is 1.55. The highest BCUT2D eigenvalue weighted by molar-refractivity contribution is 5.94. The summed E-state index contributed by atoms with van der Waals surface area (Å²) in [6.45, 7) is 1.68. The summed E-state index contributed by atoms with van der Waals surface area (Å²) in [5.41, 5.74) is 0.631. The van der Waals surface area contributed by atoms with E-state index < -0.39 is 17.8 Å². The van der Waals surface area contributed by atoms with E-state index in [1.54, 1.807) is 32.2 Å². The number of nitrogens with one attached hydrogen (secondary N) is 1. The van der Waals surface area contributed by atoms with Crippen LogP contribution in [0.25, 0.3) is 11.4 Å². The second-order valence-corrected chi connectivity index (χ2v) is 5.33. The molecule has 3 aromatic rings. The number of carbonyl (C=O) groups is 1. The van der Waals surface area contributed by atoms with Crippen LogP contribution in [0.2, 0.25) is 0 Å². The van der Waals surface area contributed by atoms with Gasteiger partial charge in [-0.1, -0.05) is 29.4 Å². The minimum atomic E-state index is -0.590. The van der Waals surface area contributed by atoms with Crippen molar-refractivity contribution in [3.63, 3.8) is 0 Å². The first kappa shape index (κ1) is 16.6. The first-order chi connectivity index (χ1) is 12.1. The van der Waals surface area contributed by atoms with Crippen LogP contribution in [-0.4, -0.2) is 23.2 Å². The molecule has 1 N–H and O–H groups in total. The van der Waals surface area contributed by atoms with Crippen molar-refractivity contribution in [3.8, 4) is 17.1 Å². The van der Waals surface area contributed by atoms with Crippen LogP contribution in [0.4, 0.5) is 4.39 Å². The third-order valence-electron chi connectivity index (χ3n) is 3.63. The van der Waals surface area contributed by atoms with Gasteiger partial charge in [-0.25, -0.2) is 4.39 Å². The average molecular weight is 341 g/mol. The lowest BCUT2D eigenvalue weighted by atomic mass is 10.2. The number of hydrogen-bond donors (Lipinski definition) is 1. The molecule has 1 amide bonds. The van der Waals surface area contributed by atoms with Gasteiger partial charge >= 0.3 is 0 Å². The Labute approximate surface area is 143 Å². The zero-order valence-electron chi connectivity index (χ0n) is 13.7. The fourth-order valence-corrected chi connectivity index (χ4v) is 2.33. The van der Waals surface area contributed by atoms with E-state index in [4.69, 9.17) is 9.26 Å². The molecule has 2 aromatic carbocycles. The van der Waals surface area contributed by atoms with Crippen LogP contribution in [-0.2, 0) is 0 Å². The van der Waals surface area contributed by atoms with E-state index >= 15 is 0 Å². The molecule has 0 saturated heterocycles. The van der Waals surface area contributed by atoms with E-state index in [1.807, 2.05) is 12.1 Å². The van der Waals surface area contributed by atoms with Gasteiger partial charge in [-0.3, -0.25) is 4.79 Å². The Hall–Kier alpha value is -3.22. The molecule has 1 atom stereocenters. The van der Waals surface area contributed by atoms with Crippen LogP contribution < -0.4 is 10.1 Å². The largest absolute Gasteiger partial charge is 0.496 e. The Morgan fingerprint density at radius 2 is 1.92 bits per heavy atom. The third-order valence-corrected chi connectivity index (χ3v) is 3.63. The number of ether oxygens (including phenoxy) is 1. The summed E-state index contributed by atoms with van der Waals surface area (Å²) in [5.74, 6) is 0.0259. The highest BCUT2D eigenvalue weighted by atomic mass is 19.1. The molecule has 0 aliphatic rings. The summed E-state index contributed by atoms with van der Waals surface area (Å²) in [6.07, 6.45) is 0. The lowest BCUT2D eigenvalue weighted by Gasteiger charge is -2.10. The highest BCUT2D eigenvalue weighted by Gasteiger charge is 2.20. The summed E-state index contributed by atoms with van der Waals surface area (Å²) in [4.78, 5) is 16.5. The van der Waals surface area contributed by atoms with Crippen LogP contribution in [0.1, 0.15) is 29.2 Å². The molecular weight excluding hydrogens is 325 g/mol. The predicted molar refractivity (Wildman–Crippen MR) is 88.6 cm³/mol. The van der Waals surface area contributed by atoms with Crippen molar-refractivity contribution in [1.29, 1.82) is 0 Å². The molecule has 0 aliphatic heterocycles. The van der Waals surface area contributed by atoms with Crippen molar-refractivity contribution in [1.82, 2.24) is 15.5 Å². The van der Waals surface area contributed by atoms with Crippen molar-refractivity contribution >= 4 is 5.91 Å². The molecule has 0 bridgehead atoms. The molecule has 7 heteroatoms. The molecule has 0 saturated carbocycles. The Morgan fingerprint density at radius 1 is 1.20 bits per heavy atom. The molecule has 1 aromatic heterocycles. The quantitative estimate of drug-likeness (QED) is 0.770. The number of methoxy groups -OCH3 is 1. The first-order valence-corrected chi connectivity index (χ1v) is 7.62. The third kappa shape index (κ3) is 3.50. The number of amides is 1. The lowest BCUT2D eigenvalue weighted by Crippen LogP contribution is -2.27. The number of benzene rings is 2. The number of nitrogens with zero attached hydrogens (tertiary/aromatic N) is 2. The molecule has 128 valence electrons. The van der Waals surface area contributed by atoms with Gasteiger partial charge in [-0.05, 0) is 31.2 Å². The molecule has 6 nitrogen and oxygen atoms in total. The monoisotopic (exact) mass is 341 g/mol. The van der Waals surface area contributed by atoms with Crippen LogP contribution in [0.15, 0.2) is 53.1 Å². The Morgan fingerprint density at radius 3 is 2.68 bits per heavy atom. The molecular formula is C18H16FN3O3. The van der Waals surface area contributed by atoms with Gasteiger partial charge in [0.25, 0.3) is 5.91 Å². The SMILES string of the molecule is COc1ccccc1-c1noc([C@H](C)NC(=O)c2ccccc2F)n1. The van der Waals surface area contributed by atoms with Crippen molar-refractivity contribution < 1.29 is 18.4 Å². The zero-order chi connectivity index (χ0) is 17.8. The molecule has 3 rings (SSSR count). The zero-order valence-corrected chi connectivity index (χ0v) is 13.7. The topological polar surface area (TPSA) is 77.3 Å². The summed E-state index contributed by atoms with van der Waals surface area (Å²) in [6, 6.07) is 12.4. The molecule has 25 heavy (non-hydrogen) atoms.